The molecule has 2 rings (SSSR count). The zero-order valence-electron chi connectivity index (χ0n) is 9.28. The van der Waals surface area contributed by atoms with E-state index >= 15 is 0 Å². The number of methoxy groups -OCH3 is 1. The molecule has 0 amide bonds. The summed E-state index contributed by atoms with van der Waals surface area (Å²) in [5, 5.41) is 7.73. The van der Waals surface area contributed by atoms with Crippen LogP contribution in [0.4, 0.5) is 0 Å². The predicted octanol–water partition coefficient (Wildman–Crippen LogP) is 1.34. The molecule has 0 aliphatic heterocycles. The Morgan fingerprint density at radius 3 is 3.13 bits per heavy atom. The Hall–Kier alpha value is -0.870. The summed E-state index contributed by atoms with van der Waals surface area (Å²) in [7, 11) is 1.72. The van der Waals surface area contributed by atoms with Crippen molar-refractivity contribution in [3.05, 3.63) is 18.0 Å². The van der Waals surface area contributed by atoms with Gasteiger partial charge in [-0.15, -0.1) is 0 Å². The van der Waals surface area contributed by atoms with E-state index in [1.807, 2.05) is 6.20 Å². The van der Waals surface area contributed by atoms with Gasteiger partial charge in [0, 0.05) is 26.4 Å². The third kappa shape index (κ3) is 2.58. The van der Waals surface area contributed by atoms with E-state index in [0.29, 0.717) is 6.04 Å². The highest BCUT2D eigenvalue weighted by molar-refractivity contribution is 5.02. The molecule has 1 heterocycles. The minimum atomic E-state index is 0.652. The van der Waals surface area contributed by atoms with Crippen LogP contribution in [0.1, 0.15) is 31.0 Å². The van der Waals surface area contributed by atoms with Gasteiger partial charge in [0.15, 0.2) is 0 Å². The van der Waals surface area contributed by atoms with Crippen molar-refractivity contribution in [1.29, 1.82) is 0 Å². The number of ether oxygens (including phenoxy) is 1. The van der Waals surface area contributed by atoms with E-state index in [1.54, 1.807) is 7.11 Å². The Morgan fingerprint density at radius 2 is 2.47 bits per heavy atom. The summed E-state index contributed by atoms with van der Waals surface area (Å²) >= 11 is 0. The van der Waals surface area contributed by atoms with Crippen LogP contribution in [0, 0.1) is 0 Å². The quantitative estimate of drug-likeness (QED) is 0.719. The Morgan fingerprint density at radius 1 is 1.60 bits per heavy atom. The lowest BCUT2D eigenvalue weighted by Gasteiger charge is -2.27. The van der Waals surface area contributed by atoms with Gasteiger partial charge in [-0.3, -0.25) is 4.68 Å². The molecule has 0 unspecified atom stereocenters. The van der Waals surface area contributed by atoms with Crippen LogP contribution in [-0.4, -0.2) is 30.0 Å². The van der Waals surface area contributed by atoms with Crippen molar-refractivity contribution >= 4 is 0 Å². The number of rotatable bonds is 6. The van der Waals surface area contributed by atoms with Crippen LogP contribution < -0.4 is 5.32 Å². The molecule has 1 saturated carbocycles. The molecule has 0 aromatic carbocycles. The van der Waals surface area contributed by atoms with E-state index in [4.69, 9.17) is 4.74 Å². The second kappa shape index (κ2) is 5.28. The van der Waals surface area contributed by atoms with Gasteiger partial charge >= 0.3 is 0 Å². The summed E-state index contributed by atoms with van der Waals surface area (Å²) < 4.78 is 7.16. The van der Waals surface area contributed by atoms with Gasteiger partial charge in [0.1, 0.15) is 0 Å². The van der Waals surface area contributed by atoms with E-state index in [9.17, 15) is 0 Å². The van der Waals surface area contributed by atoms with Crippen LogP contribution >= 0.6 is 0 Å². The molecule has 4 heteroatoms. The zero-order chi connectivity index (χ0) is 10.5. The van der Waals surface area contributed by atoms with Gasteiger partial charge in [0.2, 0.25) is 0 Å². The van der Waals surface area contributed by atoms with Crippen LogP contribution in [0.15, 0.2) is 12.3 Å². The maximum absolute atomic E-state index is 4.99. The van der Waals surface area contributed by atoms with Crippen LogP contribution in [0.5, 0.6) is 0 Å². The second-order valence-electron chi connectivity index (χ2n) is 4.02. The molecule has 15 heavy (non-hydrogen) atoms. The lowest BCUT2D eigenvalue weighted by atomic mass is 9.93. The predicted molar refractivity (Wildman–Crippen MR) is 58.7 cm³/mol. The van der Waals surface area contributed by atoms with Crippen LogP contribution in [0.2, 0.25) is 0 Å². The Kier molecular flexibility index (Phi) is 3.75. The molecule has 1 N–H and O–H groups in total. The van der Waals surface area contributed by atoms with Crippen molar-refractivity contribution in [2.45, 2.75) is 31.8 Å². The second-order valence-corrected chi connectivity index (χ2v) is 4.02. The third-order valence-corrected chi connectivity index (χ3v) is 2.96. The monoisotopic (exact) mass is 209 g/mol. The van der Waals surface area contributed by atoms with E-state index in [1.165, 1.54) is 25.0 Å². The van der Waals surface area contributed by atoms with Gasteiger partial charge in [0.05, 0.1) is 18.3 Å². The first kappa shape index (κ1) is 10.6. The first-order valence-electron chi connectivity index (χ1n) is 5.64. The van der Waals surface area contributed by atoms with E-state index < -0.39 is 0 Å². The highest BCUT2D eigenvalue weighted by Crippen LogP contribution is 2.31. The molecule has 1 aromatic rings. The van der Waals surface area contributed by atoms with Gasteiger partial charge in [-0.2, -0.15) is 5.10 Å². The van der Waals surface area contributed by atoms with Crippen molar-refractivity contribution < 1.29 is 4.74 Å². The molecule has 4 nitrogen and oxygen atoms in total. The minimum absolute atomic E-state index is 0.652. The molecular formula is C11H19N3O. The lowest BCUT2D eigenvalue weighted by molar-refractivity contribution is 0.198. The topological polar surface area (TPSA) is 39.1 Å². The van der Waals surface area contributed by atoms with Crippen LogP contribution in [-0.2, 0) is 11.3 Å². The number of hydrogen-bond acceptors (Lipinski definition) is 3. The first-order valence-corrected chi connectivity index (χ1v) is 5.64. The highest BCUT2D eigenvalue weighted by atomic mass is 16.5. The number of nitrogens with zero attached hydrogens (tertiary/aromatic N) is 2. The summed E-state index contributed by atoms with van der Waals surface area (Å²) in [5.74, 6) is 0. The fourth-order valence-corrected chi connectivity index (χ4v) is 1.83. The maximum Gasteiger partial charge on any atom is 0.0587 e. The summed E-state index contributed by atoms with van der Waals surface area (Å²) in [6, 6.07) is 2.75. The Balaban J connectivity index is 1.82. The third-order valence-electron chi connectivity index (χ3n) is 2.96. The average Bonchev–Trinajstić information content (AvgIpc) is 2.58. The molecule has 0 spiro atoms. The first-order chi connectivity index (χ1) is 7.42. The number of aromatic nitrogens is 2. The average molecular weight is 209 g/mol. The van der Waals surface area contributed by atoms with E-state index in [2.05, 4.69) is 21.2 Å². The Labute approximate surface area is 90.6 Å². The number of nitrogens with one attached hydrogen (secondary N) is 1. The SMILES string of the molecule is COCCNCc1ccnn1C1CCC1. The molecule has 0 bridgehead atoms. The van der Waals surface area contributed by atoms with Gasteiger partial charge < -0.3 is 10.1 Å². The van der Waals surface area contributed by atoms with Gasteiger partial charge in [-0.25, -0.2) is 0 Å². The van der Waals surface area contributed by atoms with Gasteiger partial charge in [-0.1, -0.05) is 0 Å². The van der Waals surface area contributed by atoms with E-state index in [0.717, 1.165) is 19.7 Å². The van der Waals surface area contributed by atoms with Crippen molar-refractivity contribution in [1.82, 2.24) is 15.1 Å². The largest absolute Gasteiger partial charge is 0.383 e. The van der Waals surface area contributed by atoms with Crippen molar-refractivity contribution in [2.24, 2.45) is 0 Å². The molecule has 84 valence electrons. The van der Waals surface area contributed by atoms with Crippen molar-refractivity contribution in [2.75, 3.05) is 20.3 Å². The van der Waals surface area contributed by atoms with Gasteiger partial charge in [0.25, 0.3) is 0 Å². The lowest BCUT2D eigenvalue weighted by Crippen LogP contribution is -2.25. The molecular weight excluding hydrogens is 190 g/mol. The van der Waals surface area contributed by atoms with Crippen LogP contribution in [0.25, 0.3) is 0 Å². The van der Waals surface area contributed by atoms with Crippen LogP contribution in [0.3, 0.4) is 0 Å². The number of hydrogen-bond donors (Lipinski definition) is 1. The molecule has 0 atom stereocenters. The smallest absolute Gasteiger partial charge is 0.0587 e. The minimum Gasteiger partial charge on any atom is -0.383 e. The van der Waals surface area contributed by atoms with Crippen molar-refractivity contribution in [3.63, 3.8) is 0 Å². The summed E-state index contributed by atoms with van der Waals surface area (Å²) in [6.07, 6.45) is 5.81. The maximum atomic E-state index is 4.99. The Bertz CT molecular complexity index is 294. The summed E-state index contributed by atoms with van der Waals surface area (Å²) in [5.41, 5.74) is 1.29. The molecule has 0 saturated heterocycles. The van der Waals surface area contributed by atoms with Gasteiger partial charge in [-0.05, 0) is 25.3 Å². The highest BCUT2D eigenvalue weighted by Gasteiger charge is 2.21. The molecule has 1 aromatic heterocycles. The summed E-state index contributed by atoms with van der Waals surface area (Å²) in [4.78, 5) is 0. The molecule has 1 aliphatic rings. The fourth-order valence-electron chi connectivity index (χ4n) is 1.83. The molecule has 1 fully saturated rings. The molecule has 0 radical (unpaired) electrons. The van der Waals surface area contributed by atoms with E-state index in [-0.39, 0.29) is 0 Å². The fraction of sp³-hybridized carbons (Fsp3) is 0.727. The normalized spacial score (nSPS) is 16.6. The van der Waals surface area contributed by atoms with Crippen molar-refractivity contribution in [3.8, 4) is 0 Å². The molecule has 1 aliphatic carbocycles. The zero-order valence-corrected chi connectivity index (χ0v) is 9.28. The summed E-state index contributed by atoms with van der Waals surface area (Å²) in [6.45, 7) is 2.55. The standard InChI is InChI=1S/C11H19N3O/c1-15-8-7-12-9-11-5-6-13-14(11)10-3-2-4-10/h5-6,10,12H,2-4,7-9H2,1H3.